The van der Waals surface area contributed by atoms with Gasteiger partial charge in [0.2, 0.25) is 0 Å². The number of hydrogen-bond donors (Lipinski definition) is 0. The topological polar surface area (TPSA) is 0 Å². The molecule has 0 heterocycles. The minimum absolute atomic E-state index is 0.185. The van der Waals surface area contributed by atoms with Gasteiger partial charge in [0.1, 0.15) is 0 Å². The Balaban J connectivity index is 1.25. The lowest BCUT2D eigenvalue weighted by atomic mass is 9.67. The molecule has 0 atom stereocenters. The largest absolute Gasteiger partial charge is 0.204 e. The van der Waals surface area contributed by atoms with Crippen LogP contribution in [0.2, 0.25) is 0 Å². The highest BCUT2D eigenvalue weighted by molar-refractivity contribution is 5.23. The Morgan fingerprint density at radius 1 is 0.630 bits per heavy atom. The third-order valence-electron chi connectivity index (χ3n) is 7.95. The van der Waals surface area contributed by atoms with Crippen molar-refractivity contribution >= 4 is 0 Å². The highest BCUT2D eigenvalue weighted by Gasteiger charge is 2.32. The van der Waals surface area contributed by atoms with Crippen molar-refractivity contribution in [2.24, 2.45) is 23.7 Å². The fraction of sp³-hybridized carbons (Fsp3) is 0.750. The summed E-state index contributed by atoms with van der Waals surface area (Å²) in [6, 6.07) is 2.41. The zero-order chi connectivity index (χ0) is 18.8. The molecule has 3 fully saturated rings. The maximum absolute atomic E-state index is 13.5. The molecular formula is C24H33F3. The molecule has 150 valence electrons. The van der Waals surface area contributed by atoms with Gasteiger partial charge in [-0.2, -0.15) is 0 Å². The first-order chi connectivity index (χ1) is 13.1. The maximum atomic E-state index is 13.5. The van der Waals surface area contributed by atoms with E-state index >= 15 is 0 Å². The van der Waals surface area contributed by atoms with Crippen LogP contribution in [0, 0.1) is 41.1 Å². The fourth-order valence-electron chi connectivity index (χ4n) is 6.35. The quantitative estimate of drug-likeness (QED) is 0.470. The second kappa shape index (κ2) is 8.57. The Kier molecular flexibility index (Phi) is 6.14. The summed E-state index contributed by atoms with van der Waals surface area (Å²) in [5.41, 5.74) is 0.644. The predicted molar refractivity (Wildman–Crippen MR) is 103 cm³/mol. The molecule has 1 aromatic rings. The first kappa shape index (κ1) is 19.3. The third kappa shape index (κ3) is 4.54. The van der Waals surface area contributed by atoms with Gasteiger partial charge in [-0.1, -0.05) is 38.5 Å². The molecule has 3 heteroatoms. The summed E-state index contributed by atoms with van der Waals surface area (Å²) in [4.78, 5) is 0. The molecule has 4 rings (SSSR count). The summed E-state index contributed by atoms with van der Waals surface area (Å²) in [6.07, 6.45) is 17.2. The summed E-state index contributed by atoms with van der Waals surface area (Å²) in [7, 11) is 0. The highest BCUT2D eigenvalue weighted by atomic mass is 19.2. The summed E-state index contributed by atoms with van der Waals surface area (Å²) < 4.78 is 40.3. The van der Waals surface area contributed by atoms with E-state index in [1.165, 1.54) is 69.9 Å². The third-order valence-corrected chi connectivity index (χ3v) is 7.95. The van der Waals surface area contributed by atoms with Gasteiger partial charge < -0.3 is 0 Å². The summed E-state index contributed by atoms with van der Waals surface area (Å²) in [5, 5.41) is 0. The van der Waals surface area contributed by atoms with Gasteiger partial charge in [0.25, 0.3) is 0 Å². The molecule has 0 amide bonds. The Morgan fingerprint density at radius 2 is 1.11 bits per heavy atom. The van der Waals surface area contributed by atoms with Gasteiger partial charge in [-0.25, -0.2) is 13.2 Å². The minimum Gasteiger partial charge on any atom is -0.204 e. The van der Waals surface area contributed by atoms with Crippen LogP contribution >= 0.6 is 0 Å². The van der Waals surface area contributed by atoms with Crippen LogP contribution in [0.4, 0.5) is 13.2 Å². The fourth-order valence-corrected chi connectivity index (χ4v) is 6.35. The van der Waals surface area contributed by atoms with E-state index in [9.17, 15) is 13.2 Å². The molecule has 0 radical (unpaired) electrons. The average Bonchev–Trinajstić information content (AvgIpc) is 3.19. The lowest BCUT2D eigenvalue weighted by molar-refractivity contribution is 0.149. The zero-order valence-electron chi connectivity index (χ0n) is 16.4. The van der Waals surface area contributed by atoms with E-state index in [0.29, 0.717) is 5.56 Å². The lowest BCUT2D eigenvalue weighted by Gasteiger charge is -2.38. The predicted octanol–water partition coefficient (Wildman–Crippen LogP) is 7.76. The van der Waals surface area contributed by atoms with Gasteiger partial charge in [0.05, 0.1) is 0 Å². The van der Waals surface area contributed by atoms with E-state index in [2.05, 4.69) is 0 Å². The Labute approximate surface area is 161 Å². The van der Waals surface area contributed by atoms with E-state index in [1.54, 1.807) is 0 Å². The smallest absolute Gasteiger partial charge is 0.194 e. The molecule has 0 nitrogen and oxygen atoms in total. The molecule has 3 aliphatic rings. The number of benzene rings is 1. The maximum Gasteiger partial charge on any atom is 0.194 e. The van der Waals surface area contributed by atoms with Crippen molar-refractivity contribution in [3.63, 3.8) is 0 Å². The van der Waals surface area contributed by atoms with Crippen LogP contribution in [0.5, 0.6) is 0 Å². The summed E-state index contributed by atoms with van der Waals surface area (Å²) in [6.45, 7) is 0. The van der Waals surface area contributed by atoms with Crippen LogP contribution in [-0.4, -0.2) is 0 Å². The van der Waals surface area contributed by atoms with Crippen LogP contribution in [0.1, 0.15) is 95.0 Å². The van der Waals surface area contributed by atoms with Crippen LogP contribution in [0.25, 0.3) is 0 Å². The summed E-state index contributed by atoms with van der Waals surface area (Å²) >= 11 is 0. The van der Waals surface area contributed by atoms with E-state index in [1.807, 2.05) is 0 Å². The van der Waals surface area contributed by atoms with Crippen molar-refractivity contribution in [2.75, 3.05) is 0 Å². The molecule has 1 aromatic carbocycles. The molecule has 0 aliphatic heterocycles. The molecule has 0 unspecified atom stereocenters. The van der Waals surface area contributed by atoms with E-state index < -0.39 is 17.5 Å². The van der Waals surface area contributed by atoms with Crippen molar-refractivity contribution in [3.8, 4) is 0 Å². The molecular weight excluding hydrogens is 345 g/mol. The Hall–Kier alpha value is -0.990. The van der Waals surface area contributed by atoms with Gasteiger partial charge >= 0.3 is 0 Å². The first-order valence-electron chi connectivity index (χ1n) is 11.2. The lowest BCUT2D eigenvalue weighted by Crippen LogP contribution is -2.26. The second-order valence-corrected chi connectivity index (χ2v) is 9.58. The van der Waals surface area contributed by atoms with Gasteiger partial charge in [-0.3, -0.25) is 0 Å². The standard InChI is InChI=1S/C24H33F3/c25-22-14-21(15-23(26)24(22)27)20-11-9-19(10-12-20)18-7-5-17(6-8-18)13-16-3-1-2-4-16/h14-20H,1-13H2. The SMILES string of the molecule is Fc1cc(C2CCC(C3CCC(CC4CCCC4)CC3)CC2)cc(F)c1F. The van der Waals surface area contributed by atoms with Crippen molar-refractivity contribution in [1.29, 1.82) is 0 Å². The normalized spacial score (nSPS) is 32.7. The molecule has 3 aliphatic carbocycles. The van der Waals surface area contributed by atoms with Gasteiger partial charge in [0, 0.05) is 0 Å². The molecule has 0 spiro atoms. The van der Waals surface area contributed by atoms with Crippen molar-refractivity contribution in [3.05, 3.63) is 35.1 Å². The van der Waals surface area contributed by atoms with Crippen LogP contribution < -0.4 is 0 Å². The van der Waals surface area contributed by atoms with Gasteiger partial charge in [-0.15, -0.1) is 0 Å². The van der Waals surface area contributed by atoms with Crippen molar-refractivity contribution < 1.29 is 13.2 Å². The van der Waals surface area contributed by atoms with Crippen LogP contribution in [0.3, 0.4) is 0 Å². The Bertz CT molecular complexity index is 596. The number of hydrogen-bond acceptors (Lipinski definition) is 0. The molecule has 0 saturated heterocycles. The van der Waals surface area contributed by atoms with Gasteiger partial charge in [-0.05, 0) is 92.2 Å². The van der Waals surface area contributed by atoms with E-state index in [0.717, 1.165) is 49.4 Å². The van der Waals surface area contributed by atoms with Crippen molar-refractivity contribution in [2.45, 2.75) is 89.4 Å². The Morgan fingerprint density at radius 3 is 1.67 bits per heavy atom. The minimum atomic E-state index is -1.35. The summed E-state index contributed by atoms with van der Waals surface area (Å²) in [5.74, 6) is 0.354. The average molecular weight is 379 g/mol. The number of rotatable bonds is 4. The monoisotopic (exact) mass is 378 g/mol. The molecule has 0 N–H and O–H groups in total. The van der Waals surface area contributed by atoms with Crippen LogP contribution in [0.15, 0.2) is 12.1 Å². The zero-order valence-corrected chi connectivity index (χ0v) is 16.4. The molecule has 27 heavy (non-hydrogen) atoms. The molecule has 0 bridgehead atoms. The molecule has 3 saturated carbocycles. The van der Waals surface area contributed by atoms with E-state index in [4.69, 9.17) is 0 Å². The van der Waals surface area contributed by atoms with Crippen molar-refractivity contribution in [1.82, 2.24) is 0 Å². The second-order valence-electron chi connectivity index (χ2n) is 9.58. The first-order valence-corrected chi connectivity index (χ1v) is 11.2. The highest BCUT2D eigenvalue weighted by Crippen LogP contribution is 2.45. The van der Waals surface area contributed by atoms with Gasteiger partial charge in [0.15, 0.2) is 17.5 Å². The molecule has 0 aromatic heterocycles. The number of halogens is 3. The van der Waals surface area contributed by atoms with Crippen LogP contribution in [-0.2, 0) is 0 Å². The van der Waals surface area contributed by atoms with E-state index in [-0.39, 0.29) is 5.92 Å².